The van der Waals surface area contributed by atoms with E-state index in [0.29, 0.717) is 30.8 Å². The fraction of sp³-hybridized carbons (Fsp3) is 0.350. The van der Waals surface area contributed by atoms with Gasteiger partial charge in [0.25, 0.3) is 0 Å². The Hall–Kier alpha value is -2.47. The van der Waals surface area contributed by atoms with Gasteiger partial charge in [-0.05, 0) is 57.6 Å². The van der Waals surface area contributed by atoms with Crippen molar-refractivity contribution in [3.8, 4) is 0 Å². The summed E-state index contributed by atoms with van der Waals surface area (Å²) in [5, 5.41) is 3.04. The van der Waals surface area contributed by atoms with Crippen LogP contribution in [0, 0.1) is 12.7 Å². The van der Waals surface area contributed by atoms with E-state index in [1.54, 1.807) is 26.1 Å². The number of nitrogens with zero attached hydrogens (tertiary/aromatic N) is 2. The summed E-state index contributed by atoms with van der Waals surface area (Å²) in [6.07, 6.45) is 3.10. The predicted molar refractivity (Wildman–Crippen MR) is 101 cm³/mol. The monoisotopic (exact) mass is 361 g/mol. The molecular formula is C20H25F2N3O. The highest BCUT2D eigenvalue weighted by Crippen LogP contribution is 2.28. The molecule has 140 valence electrons. The molecule has 2 rings (SSSR count). The number of benzene rings is 1. The van der Waals surface area contributed by atoms with Gasteiger partial charge in [-0.2, -0.15) is 0 Å². The number of rotatable bonds is 8. The van der Waals surface area contributed by atoms with Gasteiger partial charge in [-0.3, -0.25) is 9.13 Å². The molecule has 6 heteroatoms. The second-order valence-electron chi connectivity index (χ2n) is 6.04. The van der Waals surface area contributed by atoms with Crippen molar-refractivity contribution >= 4 is 5.83 Å². The Morgan fingerprint density at radius 2 is 2.15 bits per heavy atom. The van der Waals surface area contributed by atoms with Crippen LogP contribution in [0.25, 0.3) is 5.83 Å². The fourth-order valence-corrected chi connectivity index (χ4v) is 3.24. The fourth-order valence-electron chi connectivity index (χ4n) is 3.24. The zero-order valence-electron chi connectivity index (χ0n) is 15.4. The van der Waals surface area contributed by atoms with E-state index >= 15 is 0 Å². The van der Waals surface area contributed by atoms with E-state index < -0.39 is 11.9 Å². The van der Waals surface area contributed by atoms with Crippen molar-refractivity contribution < 1.29 is 8.78 Å². The summed E-state index contributed by atoms with van der Waals surface area (Å²) >= 11 is 0. The van der Waals surface area contributed by atoms with Crippen molar-refractivity contribution in [1.29, 1.82) is 0 Å². The second-order valence-corrected chi connectivity index (χ2v) is 6.04. The first-order chi connectivity index (χ1) is 12.5. The Bertz CT molecular complexity index is 864. The maximum atomic E-state index is 14.8. The van der Waals surface area contributed by atoms with E-state index in [9.17, 15) is 13.6 Å². The molecular weight excluding hydrogens is 336 g/mol. The minimum Gasteiger partial charge on any atom is -0.320 e. The normalized spacial score (nSPS) is 13.0. The van der Waals surface area contributed by atoms with Crippen LogP contribution in [-0.2, 0) is 6.54 Å². The van der Waals surface area contributed by atoms with Crippen molar-refractivity contribution in [3.05, 3.63) is 76.2 Å². The lowest BCUT2D eigenvalue weighted by atomic mass is 10.0. The Labute approximate surface area is 152 Å². The van der Waals surface area contributed by atoms with Gasteiger partial charge in [0.05, 0.1) is 6.04 Å². The van der Waals surface area contributed by atoms with Gasteiger partial charge in [0, 0.05) is 12.2 Å². The van der Waals surface area contributed by atoms with Gasteiger partial charge in [-0.25, -0.2) is 13.6 Å². The highest BCUT2D eigenvalue weighted by molar-refractivity contribution is 5.60. The average Bonchev–Trinajstić information content (AvgIpc) is 2.86. The Balaban J connectivity index is 2.76. The minimum absolute atomic E-state index is 0.210. The number of aromatic nitrogens is 2. The molecule has 0 spiro atoms. The smallest absolute Gasteiger partial charge is 0.320 e. The van der Waals surface area contributed by atoms with Gasteiger partial charge < -0.3 is 5.32 Å². The largest absolute Gasteiger partial charge is 0.329 e. The first-order valence-electron chi connectivity index (χ1n) is 8.66. The molecule has 1 aromatic carbocycles. The van der Waals surface area contributed by atoms with Crippen LogP contribution in [0.3, 0.4) is 0 Å². The predicted octanol–water partition coefficient (Wildman–Crippen LogP) is 3.81. The third-order valence-electron chi connectivity index (χ3n) is 4.44. The number of nitrogens with one attached hydrogen (secondary N) is 1. The third kappa shape index (κ3) is 3.85. The molecule has 0 aliphatic carbocycles. The van der Waals surface area contributed by atoms with Gasteiger partial charge in [-0.1, -0.05) is 24.8 Å². The summed E-state index contributed by atoms with van der Waals surface area (Å²) in [6.45, 7) is 8.10. The molecule has 1 atom stereocenters. The standard InChI is InChI=1S/C20H25F2N3O/c1-5-8-17(22)19-14(3)24(6-2)20(26)25(19)18(11-12-23-4)15-9-7-10-16(21)13-15/h5,7-10,13,18,23H,1,6,11-12H2,2-4H3/b17-8+. The summed E-state index contributed by atoms with van der Waals surface area (Å²) < 4.78 is 31.5. The lowest BCUT2D eigenvalue weighted by Crippen LogP contribution is -2.30. The van der Waals surface area contributed by atoms with Crippen LogP contribution in [0.4, 0.5) is 8.78 Å². The van der Waals surface area contributed by atoms with Gasteiger partial charge in [0.15, 0.2) is 0 Å². The maximum absolute atomic E-state index is 14.8. The highest BCUT2D eigenvalue weighted by Gasteiger charge is 2.26. The second kappa shape index (κ2) is 8.76. The van der Waals surface area contributed by atoms with E-state index in [-0.39, 0.29) is 17.2 Å². The molecule has 1 heterocycles. The molecule has 2 aromatic rings. The van der Waals surface area contributed by atoms with Crippen molar-refractivity contribution in [2.75, 3.05) is 13.6 Å². The molecule has 1 unspecified atom stereocenters. The molecule has 1 N–H and O–H groups in total. The van der Waals surface area contributed by atoms with E-state index in [4.69, 9.17) is 0 Å². The van der Waals surface area contributed by atoms with Gasteiger partial charge in [-0.15, -0.1) is 0 Å². The van der Waals surface area contributed by atoms with Crippen LogP contribution in [-0.4, -0.2) is 22.7 Å². The molecule has 0 fully saturated rings. The average molecular weight is 361 g/mol. The number of allylic oxidation sites excluding steroid dienone is 2. The first-order valence-corrected chi connectivity index (χ1v) is 8.66. The quantitative estimate of drug-likeness (QED) is 0.726. The molecule has 0 aliphatic heterocycles. The van der Waals surface area contributed by atoms with Crippen LogP contribution < -0.4 is 11.0 Å². The van der Waals surface area contributed by atoms with Crippen LogP contribution in [0.1, 0.15) is 36.3 Å². The summed E-state index contributed by atoms with van der Waals surface area (Å²) in [7, 11) is 1.80. The number of halogens is 2. The number of hydrogen-bond acceptors (Lipinski definition) is 2. The van der Waals surface area contributed by atoms with Crippen molar-refractivity contribution in [2.24, 2.45) is 0 Å². The third-order valence-corrected chi connectivity index (χ3v) is 4.44. The van der Waals surface area contributed by atoms with Crippen LogP contribution in [0.15, 0.2) is 47.8 Å². The van der Waals surface area contributed by atoms with Gasteiger partial charge in [0.1, 0.15) is 17.3 Å². The Morgan fingerprint density at radius 1 is 1.42 bits per heavy atom. The summed E-state index contributed by atoms with van der Waals surface area (Å²) in [4.78, 5) is 13.0. The lowest BCUT2D eigenvalue weighted by molar-refractivity contribution is 0.492. The lowest BCUT2D eigenvalue weighted by Gasteiger charge is -2.21. The zero-order valence-corrected chi connectivity index (χ0v) is 15.4. The Morgan fingerprint density at radius 3 is 2.73 bits per heavy atom. The van der Waals surface area contributed by atoms with Crippen molar-refractivity contribution in [3.63, 3.8) is 0 Å². The summed E-state index contributed by atoms with van der Waals surface area (Å²) in [5.41, 5.74) is 1.07. The molecule has 4 nitrogen and oxygen atoms in total. The highest BCUT2D eigenvalue weighted by atomic mass is 19.1. The first kappa shape index (κ1) is 19.8. The van der Waals surface area contributed by atoms with Crippen molar-refractivity contribution in [1.82, 2.24) is 14.5 Å². The molecule has 0 amide bonds. The molecule has 1 aromatic heterocycles. The van der Waals surface area contributed by atoms with Crippen LogP contribution in [0.5, 0.6) is 0 Å². The van der Waals surface area contributed by atoms with Crippen molar-refractivity contribution in [2.45, 2.75) is 32.9 Å². The molecule has 26 heavy (non-hydrogen) atoms. The summed E-state index contributed by atoms with van der Waals surface area (Å²) in [6, 6.07) is 5.61. The molecule has 0 bridgehead atoms. The number of hydrogen-bond donors (Lipinski definition) is 1. The van der Waals surface area contributed by atoms with Gasteiger partial charge in [0.2, 0.25) is 0 Å². The maximum Gasteiger partial charge on any atom is 0.329 e. The SMILES string of the molecule is C=C/C=C(/F)c1c(C)n(CC)c(=O)n1C(CCNC)c1cccc(F)c1. The molecule has 0 saturated heterocycles. The van der Waals surface area contributed by atoms with E-state index in [2.05, 4.69) is 11.9 Å². The molecule has 0 aliphatic rings. The molecule has 0 saturated carbocycles. The van der Waals surface area contributed by atoms with E-state index in [1.807, 2.05) is 6.92 Å². The minimum atomic E-state index is -0.535. The van der Waals surface area contributed by atoms with Crippen LogP contribution >= 0.6 is 0 Å². The summed E-state index contributed by atoms with van der Waals surface area (Å²) in [5.74, 6) is -0.923. The number of imidazole rings is 1. The zero-order chi connectivity index (χ0) is 19.3. The van der Waals surface area contributed by atoms with Gasteiger partial charge >= 0.3 is 5.69 Å². The Kier molecular flexibility index (Phi) is 6.69. The van der Waals surface area contributed by atoms with E-state index in [1.165, 1.54) is 33.4 Å². The van der Waals surface area contributed by atoms with E-state index in [0.717, 1.165) is 0 Å². The topological polar surface area (TPSA) is 39.0 Å². The molecule has 0 radical (unpaired) electrons. The van der Waals surface area contributed by atoms with Crippen LogP contribution in [0.2, 0.25) is 0 Å².